The molecule has 0 aliphatic rings. The zero-order valence-corrected chi connectivity index (χ0v) is 13.5. The molecule has 1 aromatic heterocycles. The fourth-order valence-electron chi connectivity index (χ4n) is 1.94. The van der Waals surface area contributed by atoms with Gasteiger partial charge in [0.25, 0.3) is 0 Å². The lowest BCUT2D eigenvalue weighted by molar-refractivity contribution is -0.137. The summed E-state index contributed by atoms with van der Waals surface area (Å²) in [7, 11) is 0. The molecule has 0 fully saturated rings. The summed E-state index contributed by atoms with van der Waals surface area (Å²) in [6.45, 7) is 3.46. The van der Waals surface area contributed by atoms with Crippen LogP contribution in [0.3, 0.4) is 0 Å². The summed E-state index contributed by atoms with van der Waals surface area (Å²) in [5.41, 5.74) is 0.440. The van der Waals surface area contributed by atoms with E-state index in [1.165, 1.54) is 18.3 Å². The second kappa shape index (κ2) is 5.93. The van der Waals surface area contributed by atoms with E-state index >= 15 is 0 Å². The molecule has 0 radical (unpaired) electrons. The van der Waals surface area contributed by atoms with Crippen molar-refractivity contribution in [3.8, 4) is 11.4 Å². The second-order valence-corrected chi connectivity index (χ2v) is 6.11. The lowest BCUT2D eigenvalue weighted by Crippen LogP contribution is -2.09. The molecule has 0 aliphatic carbocycles. The van der Waals surface area contributed by atoms with E-state index in [-0.39, 0.29) is 16.8 Å². The number of rotatable bonds is 2. The van der Waals surface area contributed by atoms with Crippen molar-refractivity contribution in [2.24, 2.45) is 0 Å². The Kier molecular flexibility index (Phi) is 4.58. The number of hydrogen-bond donors (Lipinski definition) is 0. The first kappa shape index (κ1) is 16.2. The first-order chi connectivity index (χ1) is 9.70. The van der Waals surface area contributed by atoms with Crippen LogP contribution in [0.2, 0.25) is 0 Å². The van der Waals surface area contributed by atoms with E-state index in [0.29, 0.717) is 15.7 Å². The summed E-state index contributed by atoms with van der Waals surface area (Å²) in [6.07, 6.45) is -3.01. The summed E-state index contributed by atoms with van der Waals surface area (Å²) in [5.74, 6) is 0.0355. The Morgan fingerprint density at radius 2 is 1.95 bits per heavy atom. The maximum atomic E-state index is 13.1. The van der Waals surface area contributed by atoms with Crippen LogP contribution in [0.1, 0.15) is 29.1 Å². The van der Waals surface area contributed by atoms with Crippen molar-refractivity contribution in [3.05, 3.63) is 45.7 Å². The maximum absolute atomic E-state index is 13.1. The molecule has 112 valence electrons. The van der Waals surface area contributed by atoms with Gasteiger partial charge in [-0.1, -0.05) is 15.9 Å². The van der Waals surface area contributed by atoms with Gasteiger partial charge in [-0.05, 0) is 32.0 Å². The number of benzene rings is 1. The Morgan fingerprint density at radius 1 is 1.29 bits per heavy atom. The van der Waals surface area contributed by atoms with E-state index in [2.05, 4.69) is 25.9 Å². The number of hydrogen-bond acceptors (Lipinski definition) is 2. The molecule has 0 aliphatic heterocycles. The van der Waals surface area contributed by atoms with Gasteiger partial charge < -0.3 is 0 Å². The number of aryl methyl sites for hydroxylation is 1. The van der Waals surface area contributed by atoms with Crippen LogP contribution < -0.4 is 0 Å². The van der Waals surface area contributed by atoms with Crippen molar-refractivity contribution in [2.75, 3.05) is 0 Å². The average molecular weight is 380 g/mol. The molecule has 1 aromatic carbocycles. The van der Waals surface area contributed by atoms with E-state index in [1.54, 1.807) is 13.8 Å². The highest BCUT2D eigenvalue weighted by atomic mass is 79.9. The van der Waals surface area contributed by atoms with E-state index < -0.39 is 11.7 Å². The molecular formula is C14H11BrClF3N2. The molecule has 0 amide bonds. The van der Waals surface area contributed by atoms with Crippen LogP contribution in [-0.2, 0) is 6.18 Å². The number of aromatic nitrogens is 2. The zero-order valence-electron chi connectivity index (χ0n) is 11.2. The molecule has 1 unspecified atom stereocenters. The van der Waals surface area contributed by atoms with Crippen molar-refractivity contribution >= 4 is 27.5 Å². The first-order valence-corrected chi connectivity index (χ1v) is 7.28. The van der Waals surface area contributed by atoms with Gasteiger partial charge in [0, 0.05) is 27.5 Å². The SMILES string of the molecule is Cc1nc(-c2ccc(Br)cc2C(F)(F)F)ncc1C(C)Cl. The van der Waals surface area contributed by atoms with Crippen LogP contribution >= 0.6 is 27.5 Å². The van der Waals surface area contributed by atoms with Gasteiger partial charge in [0.05, 0.1) is 10.9 Å². The van der Waals surface area contributed by atoms with Gasteiger partial charge in [0.15, 0.2) is 5.82 Å². The quantitative estimate of drug-likeness (QED) is 0.641. The Balaban J connectivity index is 2.60. The Hall–Kier alpha value is -1.14. The van der Waals surface area contributed by atoms with Crippen LogP contribution in [0.5, 0.6) is 0 Å². The van der Waals surface area contributed by atoms with Crippen LogP contribution in [0.4, 0.5) is 13.2 Å². The predicted molar refractivity (Wildman–Crippen MR) is 79.2 cm³/mol. The van der Waals surface area contributed by atoms with Crippen LogP contribution in [0, 0.1) is 6.92 Å². The summed E-state index contributed by atoms with van der Waals surface area (Å²) < 4.78 is 39.7. The highest BCUT2D eigenvalue weighted by molar-refractivity contribution is 9.10. The van der Waals surface area contributed by atoms with Gasteiger partial charge in [-0.15, -0.1) is 11.6 Å². The standard InChI is InChI=1S/C14H11BrClF3N2/c1-7(16)11-6-20-13(21-8(11)2)10-4-3-9(15)5-12(10)14(17,18)19/h3-7H,1-2H3. The molecule has 2 rings (SSSR count). The molecule has 21 heavy (non-hydrogen) atoms. The molecule has 2 aromatic rings. The molecule has 0 saturated heterocycles. The number of nitrogens with zero attached hydrogens (tertiary/aromatic N) is 2. The molecule has 0 N–H and O–H groups in total. The van der Waals surface area contributed by atoms with Crippen molar-refractivity contribution in [1.82, 2.24) is 9.97 Å². The Morgan fingerprint density at radius 3 is 2.48 bits per heavy atom. The minimum Gasteiger partial charge on any atom is -0.236 e. The normalized spacial score (nSPS) is 13.3. The fraction of sp³-hybridized carbons (Fsp3) is 0.286. The highest BCUT2D eigenvalue weighted by Crippen LogP contribution is 2.37. The maximum Gasteiger partial charge on any atom is 0.417 e. The molecule has 0 bridgehead atoms. The molecule has 2 nitrogen and oxygen atoms in total. The second-order valence-electron chi connectivity index (χ2n) is 4.54. The first-order valence-electron chi connectivity index (χ1n) is 6.05. The number of alkyl halides is 4. The molecule has 0 spiro atoms. The van der Waals surface area contributed by atoms with Gasteiger partial charge in [0.1, 0.15) is 0 Å². The molecule has 7 heteroatoms. The van der Waals surface area contributed by atoms with Crippen molar-refractivity contribution in [3.63, 3.8) is 0 Å². The van der Waals surface area contributed by atoms with Crippen molar-refractivity contribution in [2.45, 2.75) is 25.4 Å². The number of halogens is 5. The Labute approximate surface area is 133 Å². The van der Waals surface area contributed by atoms with Gasteiger partial charge in [-0.2, -0.15) is 13.2 Å². The summed E-state index contributed by atoms with van der Waals surface area (Å²) in [6, 6.07) is 3.90. The van der Waals surface area contributed by atoms with Gasteiger partial charge in [-0.3, -0.25) is 0 Å². The summed E-state index contributed by atoms with van der Waals surface area (Å²) in [4.78, 5) is 8.18. The van der Waals surface area contributed by atoms with Crippen LogP contribution in [0.25, 0.3) is 11.4 Å². The third kappa shape index (κ3) is 3.55. The van der Waals surface area contributed by atoms with E-state index in [4.69, 9.17) is 11.6 Å². The molecule has 1 atom stereocenters. The van der Waals surface area contributed by atoms with E-state index in [0.717, 1.165) is 6.07 Å². The summed E-state index contributed by atoms with van der Waals surface area (Å²) >= 11 is 9.01. The molecule has 0 saturated carbocycles. The monoisotopic (exact) mass is 378 g/mol. The molecular weight excluding hydrogens is 369 g/mol. The van der Waals surface area contributed by atoms with Gasteiger partial charge in [0.2, 0.25) is 0 Å². The fourth-order valence-corrected chi connectivity index (χ4v) is 2.52. The molecule has 1 heterocycles. The Bertz CT molecular complexity index is 672. The highest BCUT2D eigenvalue weighted by Gasteiger charge is 2.34. The van der Waals surface area contributed by atoms with E-state index in [9.17, 15) is 13.2 Å². The van der Waals surface area contributed by atoms with Crippen molar-refractivity contribution in [1.29, 1.82) is 0 Å². The third-order valence-electron chi connectivity index (χ3n) is 2.97. The minimum atomic E-state index is -4.48. The van der Waals surface area contributed by atoms with E-state index in [1.807, 2.05) is 0 Å². The average Bonchev–Trinajstić information content (AvgIpc) is 2.37. The van der Waals surface area contributed by atoms with Crippen LogP contribution in [0.15, 0.2) is 28.9 Å². The smallest absolute Gasteiger partial charge is 0.236 e. The largest absolute Gasteiger partial charge is 0.417 e. The summed E-state index contributed by atoms with van der Waals surface area (Å²) in [5, 5.41) is -0.300. The lowest BCUT2D eigenvalue weighted by atomic mass is 10.1. The van der Waals surface area contributed by atoms with Crippen LogP contribution in [-0.4, -0.2) is 9.97 Å². The van der Waals surface area contributed by atoms with Crippen molar-refractivity contribution < 1.29 is 13.2 Å². The zero-order chi connectivity index (χ0) is 15.8. The topological polar surface area (TPSA) is 25.8 Å². The van der Waals surface area contributed by atoms with Gasteiger partial charge >= 0.3 is 6.18 Å². The third-order valence-corrected chi connectivity index (χ3v) is 3.70. The predicted octanol–water partition coefficient (Wildman–Crippen LogP) is 5.53. The lowest BCUT2D eigenvalue weighted by Gasteiger charge is -2.14. The minimum absolute atomic E-state index is 0.0355. The van der Waals surface area contributed by atoms with Gasteiger partial charge in [-0.25, -0.2) is 9.97 Å².